The fourth-order valence-electron chi connectivity index (χ4n) is 1.86. The summed E-state index contributed by atoms with van der Waals surface area (Å²) < 4.78 is 2.38. The van der Waals surface area contributed by atoms with E-state index >= 15 is 0 Å². The fourth-order valence-corrected chi connectivity index (χ4v) is 3.27. The van der Waals surface area contributed by atoms with Crippen molar-refractivity contribution in [1.82, 2.24) is 20.6 Å². The molecule has 2 aromatic heterocycles. The Morgan fingerprint density at radius 3 is 2.46 bits per heavy atom. The van der Waals surface area contributed by atoms with Crippen LogP contribution in [0.1, 0.15) is 20.0 Å². The minimum Gasteiger partial charge on any atom is -0.267 e. The average molecular weight is 426 g/mol. The maximum atomic E-state index is 12.1. The average Bonchev–Trinajstić information content (AvgIpc) is 3.22. The van der Waals surface area contributed by atoms with Crippen LogP contribution >= 0.6 is 38.9 Å². The van der Waals surface area contributed by atoms with Crippen molar-refractivity contribution in [2.24, 2.45) is 0 Å². The predicted octanol–water partition coefficient (Wildman–Crippen LogP) is 3.42. The largest absolute Gasteiger partial charge is 0.279 e. The zero-order valence-electron chi connectivity index (χ0n) is 12.0. The minimum atomic E-state index is -0.459. The molecule has 3 rings (SSSR count). The topological polar surface area (TPSA) is 76.0 Å². The van der Waals surface area contributed by atoms with Crippen molar-refractivity contribution < 1.29 is 9.59 Å². The van der Waals surface area contributed by atoms with Crippen molar-refractivity contribution in [2.45, 2.75) is 0 Å². The number of aromatic nitrogens is 2. The molecule has 0 spiro atoms. The van der Waals surface area contributed by atoms with E-state index in [9.17, 15) is 9.59 Å². The lowest BCUT2D eigenvalue weighted by atomic mass is 10.3. The third-order valence-corrected chi connectivity index (χ3v) is 4.90. The van der Waals surface area contributed by atoms with Crippen LogP contribution < -0.4 is 10.9 Å². The number of halogens is 2. The third-order valence-electron chi connectivity index (χ3n) is 3.02. The van der Waals surface area contributed by atoms with Crippen molar-refractivity contribution in [3.8, 4) is 5.69 Å². The summed E-state index contributed by atoms with van der Waals surface area (Å²) in [6.45, 7) is 0. The number of hydrogen-bond acceptors (Lipinski definition) is 4. The minimum absolute atomic E-state index is 0.317. The number of rotatable bonds is 3. The highest BCUT2D eigenvalue weighted by Crippen LogP contribution is 2.21. The van der Waals surface area contributed by atoms with Gasteiger partial charge < -0.3 is 0 Å². The summed E-state index contributed by atoms with van der Waals surface area (Å²) in [6.07, 6.45) is 2.98. The normalized spacial score (nSPS) is 10.4. The molecule has 0 atom stereocenters. The van der Waals surface area contributed by atoms with Gasteiger partial charge >= 0.3 is 0 Å². The Morgan fingerprint density at radius 2 is 1.79 bits per heavy atom. The summed E-state index contributed by atoms with van der Waals surface area (Å²) in [4.78, 5) is 24.4. The Bertz CT molecular complexity index is 891. The van der Waals surface area contributed by atoms with E-state index in [4.69, 9.17) is 11.6 Å². The van der Waals surface area contributed by atoms with Crippen LogP contribution in [0, 0.1) is 0 Å². The molecule has 24 heavy (non-hydrogen) atoms. The Labute approximate surface area is 154 Å². The van der Waals surface area contributed by atoms with E-state index in [-0.39, 0.29) is 5.91 Å². The molecule has 0 aliphatic heterocycles. The number of nitrogens with zero attached hydrogens (tertiary/aromatic N) is 2. The third kappa shape index (κ3) is 3.84. The molecule has 2 heterocycles. The van der Waals surface area contributed by atoms with Crippen LogP contribution in [0.5, 0.6) is 0 Å². The molecular weight excluding hydrogens is 416 g/mol. The zero-order chi connectivity index (χ0) is 17.1. The van der Waals surface area contributed by atoms with Crippen LogP contribution in [0.2, 0.25) is 5.02 Å². The van der Waals surface area contributed by atoms with Gasteiger partial charge in [-0.25, -0.2) is 4.68 Å². The van der Waals surface area contributed by atoms with E-state index in [1.54, 1.807) is 47.3 Å². The van der Waals surface area contributed by atoms with Gasteiger partial charge in [-0.05, 0) is 52.3 Å². The lowest BCUT2D eigenvalue weighted by Gasteiger charge is -2.04. The summed E-state index contributed by atoms with van der Waals surface area (Å²) in [5, 5.41) is 4.74. The molecule has 0 saturated carbocycles. The lowest BCUT2D eigenvalue weighted by Crippen LogP contribution is -2.41. The molecule has 122 valence electrons. The van der Waals surface area contributed by atoms with Crippen LogP contribution in [0.4, 0.5) is 0 Å². The Hall–Kier alpha value is -2.16. The van der Waals surface area contributed by atoms with Crippen LogP contribution in [0.15, 0.2) is 52.6 Å². The highest BCUT2D eigenvalue weighted by atomic mass is 79.9. The number of hydrazine groups is 1. The number of benzene rings is 1. The van der Waals surface area contributed by atoms with Gasteiger partial charge in [0, 0.05) is 11.2 Å². The van der Waals surface area contributed by atoms with Crippen LogP contribution in [0.25, 0.3) is 5.69 Å². The summed E-state index contributed by atoms with van der Waals surface area (Å²) >= 11 is 10.4. The van der Waals surface area contributed by atoms with Crippen molar-refractivity contribution in [3.05, 3.63) is 68.0 Å². The first kappa shape index (κ1) is 16.7. The van der Waals surface area contributed by atoms with Crippen molar-refractivity contribution in [1.29, 1.82) is 0 Å². The van der Waals surface area contributed by atoms with Gasteiger partial charge in [0.15, 0.2) is 0 Å². The molecule has 0 bridgehead atoms. The van der Waals surface area contributed by atoms with Gasteiger partial charge in [-0.15, -0.1) is 11.3 Å². The first-order chi connectivity index (χ1) is 11.5. The molecule has 0 aliphatic rings. The lowest BCUT2D eigenvalue weighted by molar-refractivity contribution is 0.0849. The van der Waals surface area contributed by atoms with Gasteiger partial charge in [-0.1, -0.05) is 11.6 Å². The molecular formula is C15H10BrClN4O2S. The molecule has 0 unspecified atom stereocenters. The summed E-state index contributed by atoms with van der Waals surface area (Å²) in [7, 11) is 0. The number of thiophene rings is 1. The van der Waals surface area contributed by atoms with Crippen LogP contribution in [0.3, 0.4) is 0 Å². The summed E-state index contributed by atoms with van der Waals surface area (Å²) in [5.41, 5.74) is 5.81. The summed E-state index contributed by atoms with van der Waals surface area (Å²) in [6, 6.07) is 10.5. The van der Waals surface area contributed by atoms with Gasteiger partial charge in [-0.3, -0.25) is 20.4 Å². The van der Waals surface area contributed by atoms with Gasteiger partial charge in [0.05, 0.1) is 26.1 Å². The first-order valence-electron chi connectivity index (χ1n) is 6.69. The molecule has 3 aromatic rings. The molecule has 9 heteroatoms. The Morgan fingerprint density at radius 1 is 1.08 bits per heavy atom. The van der Waals surface area contributed by atoms with Gasteiger partial charge in [0.2, 0.25) is 0 Å². The smallest absolute Gasteiger partial charge is 0.267 e. The Kier molecular flexibility index (Phi) is 4.98. The Balaban J connectivity index is 1.63. The first-order valence-corrected chi connectivity index (χ1v) is 8.68. The quantitative estimate of drug-likeness (QED) is 0.631. The van der Waals surface area contributed by atoms with Crippen LogP contribution in [-0.4, -0.2) is 21.6 Å². The number of hydrogen-bond donors (Lipinski definition) is 2. The van der Waals surface area contributed by atoms with E-state index < -0.39 is 5.91 Å². The van der Waals surface area contributed by atoms with Crippen molar-refractivity contribution in [3.63, 3.8) is 0 Å². The monoisotopic (exact) mass is 424 g/mol. The van der Waals surface area contributed by atoms with Gasteiger partial charge in [-0.2, -0.15) is 5.10 Å². The highest BCUT2D eigenvalue weighted by molar-refractivity contribution is 9.11. The van der Waals surface area contributed by atoms with E-state index in [0.717, 1.165) is 9.47 Å². The second-order valence-electron chi connectivity index (χ2n) is 4.66. The maximum Gasteiger partial charge on any atom is 0.279 e. The van der Waals surface area contributed by atoms with Gasteiger partial charge in [0.1, 0.15) is 0 Å². The summed E-state index contributed by atoms with van der Waals surface area (Å²) in [5.74, 6) is -0.844. The van der Waals surface area contributed by atoms with E-state index in [1.165, 1.54) is 17.5 Å². The van der Waals surface area contributed by atoms with Gasteiger partial charge in [0.25, 0.3) is 11.8 Å². The molecule has 1 aromatic carbocycles. The molecule has 0 saturated heterocycles. The molecule has 0 radical (unpaired) electrons. The molecule has 2 N–H and O–H groups in total. The number of carbonyl (C=O) groups excluding carboxylic acids is 2. The second-order valence-corrected chi connectivity index (χ2v) is 7.56. The number of nitrogens with one attached hydrogen (secondary N) is 2. The maximum absolute atomic E-state index is 12.1. The van der Waals surface area contributed by atoms with Crippen molar-refractivity contribution in [2.75, 3.05) is 0 Å². The number of amides is 2. The molecule has 0 fully saturated rings. The van der Waals surface area contributed by atoms with E-state index in [2.05, 4.69) is 31.9 Å². The molecule has 0 aliphatic carbocycles. The standard InChI is InChI=1S/C15H10BrClN4O2S/c16-13-6-5-12(24-13)15(23)20-19-14(22)9-7-18-21(8-9)11-3-1-10(17)2-4-11/h1-8H,(H,19,22)(H,20,23). The SMILES string of the molecule is O=C(NNC(=O)c1ccc(Br)s1)c1cnn(-c2ccc(Cl)cc2)c1. The van der Waals surface area contributed by atoms with E-state index in [1.807, 2.05) is 0 Å². The van der Waals surface area contributed by atoms with Crippen molar-refractivity contribution >= 4 is 50.7 Å². The highest BCUT2D eigenvalue weighted by Gasteiger charge is 2.12. The predicted molar refractivity (Wildman–Crippen MR) is 95.5 cm³/mol. The number of carbonyl (C=O) groups is 2. The fraction of sp³-hybridized carbons (Fsp3) is 0. The molecule has 2 amide bonds. The second kappa shape index (κ2) is 7.16. The zero-order valence-corrected chi connectivity index (χ0v) is 15.2. The molecule has 6 nitrogen and oxygen atoms in total. The van der Waals surface area contributed by atoms with E-state index in [0.29, 0.717) is 15.5 Å². The van der Waals surface area contributed by atoms with Crippen LogP contribution in [-0.2, 0) is 0 Å².